The van der Waals surface area contributed by atoms with E-state index in [0.29, 0.717) is 5.92 Å². The molecule has 0 aromatic heterocycles. The monoisotopic (exact) mass is 416 g/mol. The predicted octanol–water partition coefficient (Wildman–Crippen LogP) is 7.76. The van der Waals surface area contributed by atoms with Crippen LogP contribution in [-0.2, 0) is 6.42 Å². The van der Waals surface area contributed by atoms with Crippen LogP contribution in [0.5, 0.6) is 0 Å². The maximum absolute atomic E-state index is 4.32. The number of rotatable bonds is 6. The summed E-state index contributed by atoms with van der Waals surface area (Å²) in [4.78, 5) is 0. The average Bonchev–Trinajstić information content (AvgIpc) is 2.86. The fraction of sp³-hybridized carbons (Fsp3) is 0.448. The minimum atomic E-state index is -0.238. The molecule has 0 unspecified atom stereocenters. The molecule has 1 aliphatic rings. The van der Waals surface area contributed by atoms with Crippen molar-refractivity contribution >= 4 is 28.4 Å². The summed E-state index contributed by atoms with van der Waals surface area (Å²) in [5.41, 5.74) is 11.6. The predicted molar refractivity (Wildman–Crippen MR) is 136 cm³/mol. The van der Waals surface area contributed by atoms with Gasteiger partial charge < -0.3 is 0 Å². The van der Waals surface area contributed by atoms with Crippen LogP contribution in [0.15, 0.2) is 43.0 Å². The number of para-hydroxylation sites is 2. The van der Waals surface area contributed by atoms with Crippen LogP contribution >= 0.6 is 0 Å². The van der Waals surface area contributed by atoms with Gasteiger partial charge in [0, 0.05) is 36.1 Å². The molecular formula is C29H40N2+2. The molecule has 2 aromatic carbocycles. The van der Waals surface area contributed by atoms with Crippen LogP contribution in [0, 0.1) is 6.92 Å². The van der Waals surface area contributed by atoms with Gasteiger partial charge in [-0.2, -0.15) is 0 Å². The van der Waals surface area contributed by atoms with E-state index in [4.69, 9.17) is 0 Å². The zero-order chi connectivity index (χ0) is 23.1. The lowest BCUT2D eigenvalue weighted by Gasteiger charge is -2.22. The van der Waals surface area contributed by atoms with E-state index < -0.39 is 0 Å². The van der Waals surface area contributed by atoms with Gasteiger partial charge in [-0.25, -0.2) is 0 Å². The molecule has 0 aliphatic carbocycles. The van der Waals surface area contributed by atoms with E-state index in [1.807, 2.05) is 0 Å². The van der Waals surface area contributed by atoms with Gasteiger partial charge in [-0.3, -0.25) is 0 Å². The minimum absolute atomic E-state index is 0.238. The maximum Gasteiger partial charge on any atom is 0.356 e. The van der Waals surface area contributed by atoms with E-state index in [0.717, 1.165) is 18.4 Å². The summed E-state index contributed by atoms with van der Waals surface area (Å²) < 4.78 is 5.13. The highest BCUT2D eigenvalue weighted by Crippen LogP contribution is 2.41. The second kappa shape index (κ2) is 8.57. The maximum atomic E-state index is 4.32. The topological polar surface area (TPSA) is 6.02 Å². The second-order valence-electron chi connectivity index (χ2n) is 9.85. The molecule has 2 aromatic rings. The molecule has 0 spiro atoms. The summed E-state index contributed by atoms with van der Waals surface area (Å²) in [6.45, 7) is 24.8. The second-order valence-corrected chi connectivity index (χ2v) is 9.85. The highest BCUT2D eigenvalue weighted by molar-refractivity contribution is 6.37. The smallest absolute Gasteiger partial charge is 0.126 e. The Bertz CT molecular complexity index is 1090. The summed E-state index contributed by atoms with van der Waals surface area (Å²) in [5, 5.41) is 0. The first-order chi connectivity index (χ1) is 14.5. The van der Waals surface area contributed by atoms with E-state index in [2.05, 4.69) is 114 Å². The summed E-state index contributed by atoms with van der Waals surface area (Å²) in [7, 11) is 0. The van der Waals surface area contributed by atoms with Crippen molar-refractivity contribution < 1.29 is 9.15 Å². The Kier molecular flexibility index (Phi) is 6.41. The standard InChI is InChI=1S/C29H40N2/c1-11-14-24-16-13-18-26(20(4)5)28(24)31-23(8)22(7)30(29(31,9)10)27-21(6)15-12-17-25(27)19(2)3/h12-13,15-19H,4,11,14H2,1-3,5-10H3/q+2. The number of nitrogens with zero attached hydrogens (tertiary/aromatic N) is 2. The van der Waals surface area contributed by atoms with Crippen molar-refractivity contribution in [3.63, 3.8) is 0 Å². The van der Waals surface area contributed by atoms with Crippen molar-refractivity contribution in [3.05, 3.63) is 65.2 Å². The first kappa shape index (κ1) is 23.2. The van der Waals surface area contributed by atoms with E-state index in [1.54, 1.807) is 0 Å². The van der Waals surface area contributed by atoms with E-state index >= 15 is 0 Å². The van der Waals surface area contributed by atoms with Crippen molar-refractivity contribution in [2.45, 2.75) is 86.7 Å². The van der Waals surface area contributed by atoms with Crippen LogP contribution in [0.3, 0.4) is 0 Å². The van der Waals surface area contributed by atoms with Crippen molar-refractivity contribution in [2.75, 3.05) is 0 Å². The zero-order valence-corrected chi connectivity index (χ0v) is 21.1. The van der Waals surface area contributed by atoms with Crippen molar-refractivity contribution in [1.82, 2.24) is 0 Å². The highest BCUT2D eigenvalue weighted by atomic mass is 15.3. The Hall–Kier alpha value is -2.48. The van der Waals surface area contributed by atoms with Crippen LogP contribution in [0.1, 0.15) is 90.0 Å². The van der Waals surface area contributed by atoms with Crippen molar-refractivity contribution in [3.8, 4) is 0 Å². The summed E-state index contributed by atoms with van der Waals surface area (Å²) in [6, 6.07) is 13.4. The number of hydrogen-bond acceptors (Lipinski definition) is 0. The Morgan fingerprint density at radius 2 is 1.52 bits per heavy atom. The molecular weight excluding hydrogens is 376 g/mol. The Labute approximate surface area is 189 Å². The normalized spacial score (nSPS) is 15.9. The van der Waals surface area contributed by atoms with Gasteiger partial charge >= 0.3 is 5.66 Å². The van der Waals surface area contributed by atoms with Crippen molar-refractivity contribution in [1.29, 1.82) is 0 Å². The fourth-order valence-electron chi connectivity index (χ4n) is 5.25. The van der Waals surface area contributed by atoms with E-state index in [9.17, 15) is 0 Å². The Morgan fingerprint density at radius 3 is 2.06 bits per heavy atom. The van der Waals surface area contributed by atoms with Crippen LogP contribution in [-0.4, -0.2) is 26.2 Å². The lowest BCUT2D eigenvalue weighted by Crippen LogP contribution is -2.41. The van der Waals surface area contributed by atoms with Gasteiger partial charge in [0.1, 0.15) is 0 Å². The molecule has 1 aliphatic heterocycles. The lowest BCUT2D eigenvalue weighted by atomic mass is 9.95. The molecule has 0 fully saturated rings. The van der Waals surface area contributed by atoms with E-state index in [-0.39, 0.29) is 5.66 Å². The largest absolute Gasteiger partial charge is 0.356 e. The SMILES string of the molecule is C=C(C)c1cccc(CCC)c1[N+]1=C(C)C(C)=[N+](c2c(C)cccc2C(C)C)C1(C)C. The summed E-state index contributed by atoms with van der Waals surface area (Å²) >= 11 is 0. The minimum Gasteiger partial charge on any atom is -0.126 e. The first-order valence-corrected chi connectivity index (χ1v) is 11.7. The van der Waals surface area contributed by atoms with E-state index in [1.165, 1.54) is 45.1 Å². The third-order valence-corrected chi connectivity index (χ3v) is 6.73. The number of benzene rings is 2. The van der Waals surface area contributed by atoms with Crippen LogP contribution in [0.2, 0.25) is 0 Å². The average molecular weight is 417 g/mol. The first-order valence-electron chi connectivity index (χ1n) is 11.7. The molecule has 31 heavy (non-hydrogen) atoms. The van der Waals surface area contributed by atoms with Gasteiger partial charge in [0.25, 0.3) is 11.4 Å². The van der Waals surface area contributed by atoms with Crippen LogP contribution < -0.4 is 0 Å². The Balaban J connectivity index is 2.33. The molecule has 0 saturated carbocycles. The van der Waals surface area contributed by atoms with Gasteiger partial charge in [0.05, 0.1) is 13.8 Å². The third kappa shape index (κ3) is 3.82. The molecule has 0 atom stereocenters. The lowest BCUT2D eigenvalue weighted by molar-refractivity contribution is -0.741. The zero-order valence-electron chi connectivity index (χ0n) is 21.1. The third-order valence-electron chi connectivity index (χ3n) is 6.73. The number of aryl methyl sites for hydroxylation is 2. The van der Waals surface area contributed by atoms with Gasteiger partial charge in [-0.15, -0.1) is 9.15 Å². The fourth-order valence-corrected chi connectivity index (χ4v) is 5.25. The highest BCUT2D eigenvalue weighted by Gasteiger charge is 2.55. The molecule has 0 N–H and O–H groups in total. The van der Waals surface area contributed by atoms with Crippen LogP contribution in [0.4, 0.5) is 11.4 Å². The number of allylic oxidation sites excluding steroid dienone is 1. The molecule has 0 radical (unpaired) electrons. The molecule has 2 nitrogen and oxygen atoms in total. The molecule has 1 heterocycles. The van der Waals surface area contributed by atoms with Gasteiger partial charge in [0.2, 0.25) is 11.4 Å². The van der Waals surface area contributed by atoms with Gasteiger partial charge in [-0.05, 0) is 37.8 Å². The Morgan fingerprint density at radius 1 is 0.935 bits per heavy atom. The van der Waals surface area contributed by atoms with Crippen molar-refractivity contribution in [2.24, 2.45) is 0 Å². The molecule has 0 amide bonds. The quantitative estimate of drug-likeness (QED) is 0.424. The number of hydrogen-bond donors (Lipinski definition) is 0. The molecule has 2 heteroatoms. The molecule has 164 valence electrons. The van der Waals surface area contributed by atoms with Gasteiger partial charge in [-0.1, -0.05) is 64.1 Å². The molecule has 3 rings (SSSR count). The molecule has 0 saturated heterocycles. The van der Waals surface area contributed by atoms with Gasteiger partial charge in [0.15, 0.2) is 0 Å². The molecule has 0 bridgehead atoms. The van der Waals surface area contributed by atoms with Crippen LogP contribution in [0.25, 0.3) is 5.57 Å². The summed E-state index contributed by atoms with van der Waals surface area (Å²) in [6.07, 6.45) is 2.19. The summed E-state index contributed by atoms with van der Waals surface area (Å²) in [5.74, 6) is 0.464.